The summed E-state index contributed by atoms with van der Waals surface area (Å²) in [6, 6.07) is 6.77. The van der Waals surface area contributed by atoms with E-state index >= 15 is 0 Å². The zero-order valence-electron chi connectivity index (χ0n) is 11.4. The Morgan fingerprint density at radius 2 is 1.86 bits per heavy atom. The van der Waals surface area contributed by atoms with Crippen LogP contribution in [-0.4, -0.2) is 22.9 Å². The maximum atomic E-state index is 12.1. The van der Waals surface area contributed by atoms with Gasteiger partial charge in [0.05, 0.1) is 0 Å². The van der Waals surface area contributed by atoms with Crippen molar-refractivity contribution in [1.29, 1.82) is 0 Å². The average Bonchev–Trinajstić information content (AvgIpc) is 2.39. The fourth-order valence-electron chi connectivity index (χ4n) is 1.61. The molecule has 0 atom stereocenters. The number of aromatic nitrogens is 2. The van der Waals surface area contributed by atoms with Gasteiger partial charge in [-0.05, 0) is 31.2 Å². The summed E-state index contributed by atoms with van der Waals surface area (Å²) >= 11 is 5.87. The van der Waals surface area contributed by atoms with Crippen molar-refractivity contribution in [3.05, 3.63) is 35.5 Å². The number of rotatable bonds is 5. The highest BCUT2D eigenvalue weighted by Crippen LogP contribution is 2.25. The van der Waals surface area contributed by atoms with Crippen molar-refractivity contribution in [2.24, 2.45) is 0 Å². The van der Waals surface area contributed by atoms with Crippen molar-refractivity contribution in [3.63, 3.8) is 0 Å². The van der Waals surface area contributed by atoms with E-state index in [1.54, 1.807) is 0 Å². The molecular weight excluding hydrogens is 321 g/mol. The van der Waals surface area contributed by atoms with Crippen LogP contribution in [0, 0.1) is 0 Å². The summed E-state index contributed by atoms with van der Waals surface area (Å²) in [5.41, 5.74) is 0.534. The van der Waals surface area contributed by atoms with E-state index in [0.29, 0.717) is 24.0 Å². The Balaban J connectivity index is 2.10. The predicted octanol–water partition coefficient (Wildman–Crippen LogP) is 4.20. The Morgan fingerprint density at radius 1 is 1.18 bits per heavy atom. The third kappa shape index (κ3) is 4.96. The highest BCUT2D eigenvalue weighted by atomic mass is 35.5. The Kier molecular flexibility index (Phi) is 4.92. The summed E-state index contributed by atoms with van der Waals surface area (Å²) in [7, 11) is 0. The van der Waals surface area contributed by atoms with Crippen molar-refractivity contribution in [2.45, 2.75) is 13.3 Å². The molecule has 5 nitrogen and oxygen atoms in total. The van der Waals surface area contributed by atoms with Crippen molar-refractivity contribution < 1.29 is 17.9 Å². The van der Waals surface area contributed by atoms with Crippen LogP contribution in [0.15, 0.2) is 30.3 Å². The fraction of sp³-hybridized carbons (Fsp3) is 0.231. The number of anilines is 3. The minimum absolute atomic E-state index is 0.241. The van der Waals surface area contributed by atoms with Crippen LogP contribution in [0.25, 0.3) is 0 Å². The zero-order valence-corrected chi connectivity index (χ0v) is 12.2. The van der Waals surface area contributed by atoms with Gasteiger partial charge >= 0.3 is 6.36 Å². The van der Waals surface area contributed by atoms with Crippen LogP contribution in [0.2, 0.25) is 5.15 Å². The first kappa shape index (κ1) is 16.2. The van der Waals surface area contributed by atoms with Gasteiger partial charge in [-0.3, -0.25) is 0 Å². The van der Waals surface area contributed by atoms with E-state index in [4.69, 9.17) is 11.6 Å². The summed E-state index contributed by atoms with van der Waals surface area (Å²) < 4.78 is 40.0. The molecule has 0 aliphatic carbocycles. The molecule has 0 aliphatic heterocycles. The second-order valence-corrected chi connectivity index (χ2v) is 4.51. The largest absolute Gasteiger partial charge is 0.573 e. The quantitative estimate of drug-likeness (QED) is 0.803. The minimum Gasteiger partial charge on any atom is -0.406 e. The van der Waals surface area contributed by atoms with Crippen LogP contribution < -0.4 is 15.4 Å². The zero-order chi connectivity index (χ0) is 16.2. The van der Waals surface area contributed by atoms with Crippen LogP contribution in [0.3, 0.4) is 0 Å². The topological polar surface area (TPSA) is 59.1 Å². The van der Waals surface area contributed by atoms with Gasteiger partial charge in [-0.15, -0.1) is 13.2 Å². The van der Waals surface area contributed by atoms with Crippen molar-refractivity contribution in [1.82, 2.24) is 9.97 Å². The van der Waals surface area contributed by atoms with Gasteiger partial charge in [0.15, 0.2) is 0 Å². The van der Waals surface area contributed by atoms with Crippen LogP contribution in [0.5, 0.6) is 5.75 Å². The van der Waals surface area contributed by atoms with Gasteiger partial charge in [0.1, 0.15) is 16.7 Å². The summed E-state index contributed by atoms with van der Waals surface area (Å²) in [5.74, 6) is 0.474. The van der Waals surface area contributed by atoms with Gasteiger partial charge in [0.2, 0.25) is 5.95 Å². The monoisotopic (exact) mass is 332 g/mol. The van der Waals surface area contributed by atoms with Gasteiger partial charge in [-0.1, -0.05) is 11.6 Å². The van der Waals surface area contributed by atoms with Gasteiger partial charge in [-0.25, -0.2) is 4.98 Å². The molecule has 0 amide bonds. The lowest BCUT2D eigenvalue weighted by molar-refractivity contribution is -0.274. The Hall–Kier alpha value is -2.22. The molecule has 118 valence electrons. The normalized spacial score (nSPS) is 11.1. The molecule has 1 heterocycles. The molecule has 0 saturated carbocycles. The first-order valence-electron chi connectivity index (χ1n) is 6.27. The maximum absolute atomic E-state index is 12.1. The number of hydrogen-bond donors (Lipinski definition) is 2. The van der Waals surface area contributed by atoms with E-state index in [1.807, 2.05) is 6.92 Å². The molecule has 1 aromatic carbocycles. The van der Waals surface area contributed by atoms with E-state index < -0.39 is 6.36 Å². The lowest BCUT2D eigenvalue weighted by Crippen LogP contribution is -2.16. The summed E-state index contributed by atoms with van der Waals surface area (Å²) in [6.07, 6.45) is -4.71. The van der Waals surface area contributed by atoms with Crippen LogP contribution in [0.4, 0.5) is 30.6 Å². The first-order valence-corrected chi connectivity index (χ1v) is 6.65. The molecule has 0 unspecified atom stereocenters. The molecule has 9 heteroatoms. The van der Waals surface area contributed by atoms with Crippen molar-refractivity contribution in [3.8, 4) is 5.75 Å². The Bertz CT molecular complexity index is 634. The Morgan fingerprint density at radius 3 is 2.45 bits per heavy atom. The summed E-state index contributed by atoms with van der Waals surface area (Å²) in [5, 5.41) is 6.08. The van der Waals surface area contributed by atoms with Gasteiger partial charge in [0, 0.05) is 18.3 Å². The molecule has 2 N–H and O–H groups in total. The first-order chi connectivity index (χ1) is 10.4. The standard InChI is InChI=1S/C13H12ClF3N4O/c1-2-18-12-20-10(14)7-11(21-12)19-8-3-5-9(6-4-8)22-13(15,16)17/h3-7H,2H2,1H3,(H2,18,19,20,21). The number of benzene rings is 1. The van der Waals surface area contributed by atoms with Crippen LogP contribution >= 0.6 is 11.6 Å². The van der Waals surface area contributed by atoms with Crippen LogP contribution in [-0.2, 0) is 0 Å². The van der Waals surface area contributed by atoms with E-state index in [0.717, 1.165) is 0 Å². The van der Waals surface area contributed by atoms with E-state index in [1.165, 1.54) is 30.3 Å². The summed E-state index contributed by atoms with van der Waals surface area (Å²) in [4.78, 5) is 8.15. The molecule has 2 aromatic rings. The van der Waals surface area contributed by atoms with E-state index in [2.05, 4.69) is 25.3 Å². The number of ether oxygens (including phenoxy) is 1. The molecule has 0 saturated heterocycles. The number of alkyl halides is 3. The van der Waals surface area contributed by atoms with Gasteiger partial charge in [0.25, 0.3) is 0 Å². The van der Waals surface area contributed by atoms with Gasteiger partial charge in [-0.2, -0.15) is 4.98 Å². The molecule has 0 radical (unpaired) electrons. The predicted molar refractivity (Wildman–Crippen MR) is 77.6 cm³/mol. The lowest BCUT2D eigenvalue weighted by Gasteiger charge is -2.11. The number of nitrogens with one attached hydrogen (secondary N) is 2. The fourth-order valence-corrected chi connectivity index (χ4v) is 1.79. The Labute approximate surface area is 129 Å². The molecule has 1 aromatic heterocycles. The highest BCUT2D eigenvalue weighted by Gasteiger charge is 2.30. The number of nitrogens with zero attached hydrogens (tertiary/aromatic N) is 2. The molecule has 0 spiro atoms. The van der Waals surface area contributed by atoms with Crippen molar-refractivity contribution >= 4 is 29.1 Å². The van der Waals surface area contributed by atoms with Crippen LogP contribution in [0.1, 0.15) is 6.92 Å². The molecule has 22 heavy (non-hydrogen) atoms. The molecular formula is C13H12ClF3N4O. The van der Waals surface area contributed by atoms with E-state index in [9.17, 15) is 13.2 Å². The SMILES string of the molecule is CCNc1nc(Cl)cc(Nc2ccc(OC(F)(F)F)cc2)n1. The molecule has 0 aliphatic rings. The molecule has 2 rings (SSSR count). The number of hydrogen-bond acceptors (Lipinski definition) is 5. The minimum atomic E-state index is -4.71. The van der Waals surface area contributed by atoms with Crippen molar-refractivity contribution in [2.75, 3.05) is 17.2 Å². The summed E-state index contributed by atoms with van der Waals surface area (Å²) in [6.45, 7) is 2.51. The second kappa shape index (κ2) is 6.69. The average molecular weight is 333 g/mol. The molecule has 0 bridgehead atoms. The third-order valence-corrected chi connectivity index (χ3v) is 2.58. The highest BCUT2D eigenvalue weighted by molar-refractivity contribution is 6.29. The second-order valence-electron chi connectivity index (χ2n) is 4.13. The smallest absolute Gasteiger partial charge is 0.406 e. The number of halogens is 4. The molecule has 0 fully saturated rings. The maximum Gasteiger partial charge on any atom is 0.573 e. The van der Waals surface area contributed by atoms with E-state index in [-0.39, 0.29) is 10.9 Å². The van der Waals surface area contributed by atoms with Gasteiger partial charge < -0.3 is 15.4 Å². The lowest BCUT2D eigenvalue weighted by atomic mass is 10.3. The third-order valence-electron chi connectivity index (χ3n) is 2.39.